The van der Waals surface area contributed by atoms with Gasteiger partial charge < -0.3 is 5.32 Å². The number of benzene rings is 1. The predicted molar refractivity (Wildman–Crippen MR) is 71.8 cm³/mol. The van der Waals surface area contributed by atoms with Gasteiger partial charge in [0, 0.05) is 18.7 Å². The first-order valence-electron chi connectivity index (χ1n) is 7.06. The van der Waals surface area contributed by atoms with Crippen LogP contribution in [-0.2, 0) is 4.79 Å². The summed E-state index contributed by atoms with van der Waals surface area (Å²) in [5.41, 5.74) is -0.101. The smallest absolute Gasteiger partial charge is 0.224 e. The molecule has 2 fully saturated rings. The highest BCUT2D eigenvalue weighted by molar-refractivity contribution is 5.98. The molecule has 6 heteroatoms. The van der Waals surface area contributed by atoms with E-state index >= 15 is 0 Å². The fourth-order valence-corrected chi connectivity index (χ4v) is 3.22. The van der Waals surface area contributed by atoms with E-state index in [0.717, 1.165) is 18.9 Å². The third-order valence-corrected chi connectivity index (χ3v) is 4.29. The molecule has 1 N–H and O–H groups in total. The number of hydrogen-bond donors (Lipinski definition) is 1. The molecule has 2 aliphatic heterocycles. The summed E-state index contributed by atoms with van der Waals surface area (Å²) < 4.78 is 26.5. The van der Waals surface area contributed by atoms with Crippen LogP contribution in [0, 0.1) is 17.6 Å². The van der Waals surface area contributed by atoms with E-state index in [-0.39, 0.29) is 35.8 Å². The van der Waals surface area contributed by atoms with Gasteiger partial charge in [-0.05, 0) is 31.5 Å². The van der Waals surface area contributed by atoms with Gasteiger partial charge in [0.05, 0.1) is 18.0 Å². The summed E-state index contributed by atoms with van der Waals surface area (Å²) in [6.07, 6.45) is 1.67. The molecule has 2 atom stereocenters. The van der Waals surface area contributed by atoms with Crippen molar-refractivity contribution in [2.75, 3.05) is 19.6 Å². The Labute approximate surface area is 121 Å². The highest BCUT2D eigenvalue weighted by Gasteiger charge is 2.41. The van der Waals surface area contributed by atoms with Gasteiger partial charge in [0.2, 0.25) is 5.91 Å². The van der Waals surface area contributed by atoms with Crippen molar-refractivity contribution in [1.29, 1.82) is 0 Å². The van der Waals surface area contributed by atoms with Gasteiger partial charge in [0.1, 0.15) is 11.6 Å². The zero-order valence-corrected chi connectivity index (χ0v) is 11.4. The molecule has 2 heterocycles. The van der Waals surface area contributed by atoms with Crippen molar-refractivity contribution in [3.8, 4) is 0 Å². The Morgan fingerprint density at radius 3 is 2.95 bits per heavy atom. The number of ketones is 1. The first-order chi connectivity index (χ1) is 10.1. The second-order valence-electron chi connectivity index (χ2n) is 5.58. The fraction of sp³-hybridized carbons (Fsp3) is 0.467. The maximum atomic E-state index is 13.6. The van der Waals surface area contributed by atoms with E-state index in [1.807, 2.05) is 4.90 Å². The van der Waals surface area contributed by atoms with Crippen LogP contribution >= 0.6 is 0 Å². The van der Waals surface area contributed by atoms with Gasteiger partial charge in [-0.3, -0.25) is 14.5 Å². The molecule has 0 aliphatic carbocycles. The van der Waals surface area contributed by atoms with E-state index in [0.29, 0.717) is 19.2 Å². The molecule has 21 heavy (non-hydrogen) atoms. The Balaban J connectivity index is 1.73. The van der Waals surface area contributed by atoms with Gasteiger partial charge in [-0.2, -0.15) is 0 Å². The highest BCUT2D eigenvalue weighted by Crippen LogP contribution is 2.27. The Kier molecular flexibility index (Phi) is 3.71. The minimum absolute atomic E-state index is 0.00119. The van der Waals surface area contributed by atoms with Gasteiger partial charge >= 0.3 is 0 Å². The number of nitrogens with one attached hydrogen (secondary N) is 1. The molecule has 1 aromatic carbocycles. The molecule has 2 saturated heterocycles. The van der Waals surface area contributed by atoms with Crippen LogP contribution in [0.15, 0.2) is 18.2 Å². The Bertz CT molecular complexity index is 591. The standard InChI is InChI=1S/C15H16F2N2O2/c16-9-3-4-10(12(17)6-9)14(20)8-19-5-1-2-11-13(19)7-18-15(11)21/h3-4,6,11,13H,1-2,5,7-8H2,(H,18,21). The lowest BCUT2D eigenvalue weighted by Crippen LogP contribution is -2.47. The molecule has 1 aromatic rings. The van der Waals surface area contributed by atoms with Gasteiger partial charge in [-0.25, -0.2) is 8.78 Å². The number of rotatable bonds is 3. The minimum atomic E-state index is -0.839. The van der Waals surface area contributed by atoms with Crippen LogP contribution in [0.3, 0.4) is 0 Å². The predicted octanol–water partition coefficient (Wildman–Crippen LogP) is 1.36. The van der Waals surface area contributed by atoms with Crippen molar-refractivity contribution in [3.63, 3.8) is 0 Å². The lowest BCUT2D eigenvalue weighted by molar-refractivity contribution is -0.124. The van der Waals surface area contributed by atoms with E-state index in [9.17, 15) is 18.4 Å². The Hall–Kier alpha value is -1.82. The number of fused-ring (bicyclic) bond motifs is 1. The maximum absolute atomic E-state index is 13.6. The summed E-state index contributed by atoms with van der Waals surface area (Å²) in [6.45, 7) is 1.30. The molecule has 0 bridgehead atoms. The summed E-state index contributed by atoms with van der Waals surface area (Å²) in [5, 5.41) is 2.81. The van der Waals surface area contributed by atoms with Gasteiger partial charge in [-0.15, -0.1) is 0 Å². The van der Waals surface area contributed by atoms with Crippen LogP contribution in [0.5, 0.6) is 0 Å². The van der Waals surface area contributed by atoms with Crippen LogP contribution < -0.4 is 5.32 Å². The van der Waals surface area contributed by atoms with Gasteiger partial charge in [0.15, 0.2) is 5.78 Å². The quantitative estimate of drug-likeness (QED) is 0.856. The number of likely N-dealkylation sites (tertiary alicyclic amines) is 1. The van der Waals surface area contributed by atoms with Crippen molar-refractivity contribution < 1.29 is 18.4 Å². The van der Waals surface area contributed by atoms with Crippen molar-refractivity contribution in [2.45, 2.75) is 18.9 Å². The molecule has 0 spiro atoms. The largest absolute Gasteiger partial charge is 0.354 e. The summed E-state index contributed by atoms with van der Waals surface area (Å²) in [5.74, 6) is -1.97. The average molecular weight is 294 g/mol. The number of carbonyl (C=O) groups is 2. The number of Topliss-reactive ketones (excluding diaryl/α,β-unsaturated/α-hetero) is 1. The van der Waals surface area contributed by atoms with E-state index in [1.54, 1.807) is 0 Å². The molecule has 0 saturated carbocycles. The first kappa shape index (κ1) is 14.1. The summed E-state index contributed by atoms with van der Waals surface area (Å²) in [7, 11) is 0. The lowest BCUT2D eigenvalue weighted by Gasteiger charge is -2.35. The molecular formula is C15H16F2N2O2. The van der Waals surface area contributed by atoms with Gasteiger partial charge in [0.25, 0.3) is 0 Å². The highest BCUT2D eigenvalue weighted by atomic mass is 19.1. The van der Waals surface area contributed by atoms with Crippen molar-refractivity contribution in [2.24, 2.45) is 5.92 Å². The number of amides is 1. The fourth-order valence-electron chi connectivity index (χ4n) is 3.22. The van der Waals surface area contributed by atoms with Crippen LogP contribution in [0.25, 0.3) is 0 Å². The Morgan fingerprint density at radius 2 is 2.19 bits per heavy atom. The molecular weight excluding hydrogens is 278 g/mol. The molecule has 4 nitrogen and oxygen atoms in total. The summed E-state index contributed by atoms with van der Waals surface area (Å²) in [4.78, 5) is 25.8. The molecule has 112 valence electrons. The number of nitrogens with zero attached hydrogens (tertiary/aromatic N) is 1. The lowest BCUT2D eigenvalue weighted by atomic mass is 9.91. The van der Waals surface area contributed by atoms with Crippen LogP contribution in [0.2, 0.25) is 0 Å². The number of carbonyl (C=O) groups excluding carboxylic acids is 2. The van der Waals surface area contributed by atoms with Crippen molar-refractivity contribution in [3.05, 3.63) is 35.4 Å². The third-order valence-electron chi connectivity index (χ3n) is 4.29. The average Bonchev–Trinajstić information content (AvgIpc) is 2.81. The topological polar surface area (TPSA) is 49.4 Å². The molecule has 0 radical (unpaired) electrons. The number of hydrogen-bond acceptors (Lipinski definition) is 3. The normalized spacial score (nSPS) is 25.5. The molecule has 1 amide bonds. The number of halogens is 2. The molecule has 3 rings (SSSR count). The molecule has 2 unspecified atom stereocenters. The second-order valence-corrected chi connectivity index (χ2v) is 5.58. The van der Waals surface area contributed by atoms with Crippen LogP contribution in [0.1, 0.15) is 23.2 Å². The monoisotopic (exact) mass is 294 g/mol. The van der Waals surface area contributed by atoms with E-state index in [1.165, 1.54) is 6.07 Å². The SMILES string of the molecule is O=C(CN1CCCC2C(=O)NCC21)c1ccc(F)cc1F. The van der Waals surface area contributed by atoms with Crippen LogP contribution in [-0.4, -0.2) is 42.3 Å². The second kappa shape index (κ2) is 5.52. The minimum Gasteiger partial charge on any atom is -0.354 e. The number of piperidine rings is 1. The third kappa shape index (κ3) is 2.68. The zero-order chi connectivity index (χ0) is 15.0. The summed E-state index contributed by atoms with van der Waals surface area (Å²) in [6, 6.07) is 2.97. The maximum Gasteiger partial charge on any atom is 0.224 e. The van der Waals surface area contributed by atoms with E-state index in [4.69, 9.17) is 0 Å². The van der Waals surface area contributed by atoms with Gasteiger partial charge in [-0.1, -0.05) is 0 Å². The van der Waals surface area contributed by atoms with E-state index in [2.05, 4.69) is 5.32 Å². The summed E-state index contributed by atoms with van der Waals surface area (Å²) >= 11 is 0. The zero-order valence-electron chi connectivity index (χ0n) is 11.4. The van der Waals surface area contributed by atoms with Crippen molar-refractivity contribution in [1.82, 2.24) is 10.2 Å². The molecule has 0 aromatic heterocycles. The van der Waals surface area contributed by atoms with Crippen LogP contribution in [0.4, 0.5) is 8.78 Å². The molecule has 2 aliphatic rings. The van der Waals surface area contributed by atoms with Crippen molar-refractivity contribution >= 4 is 11.7 Å². The van der Waals surface area contributed by atoms with E-state index < -0.39 is 11.6 Å². The first-order valence-corrected chi connectivity index (χ1v) is 7.06. The Morgan fingerprint density at radius 1 is 1.38 bits per heavy atom.